The quantitative estimate of drug-likeness (QED) is 0.416. The molecule has 1 N–H and O–H groups in total. The average molecular weight is 436 g/mol. The summed E-state index contributed by atoms with van der Waals surface area (Å²) in [4.78, 5) is 27.6. The zero-order valence-corrected chi connectivity index (χ0v) is 18.5. The molecule has 0 saturated carbocycles. The first-order valence-electron chi connectivity index (χ1n) is 10.8. The number of ketones is 1. The van der Waals surface area contributed by atoms with E-state index in [0.717, 1.165) is 12.0 Å². The molecule has 0 aromatic heterocycles. The van der Waals surface area contributed by atoms with Crippen molar-refractivity contribution in [2.24, 2.45) is 0 Å². The summed E-state index contributed by atoms with van der Waals surface area (Å²) in [5, 5.41) is 10.7. The van der Waals surface area contributed by atoms with Crippen LogP contribution in [0.3, 0.4) is 0 Å². The number of methoxy groups -OCH3 is 1. The standard InChI is InChI=1S/C26H29NO5/c1-3-16-32-21-12-7-11-20(18-21)24-23(22(28)14-13-19-9-5-4-6-10-19)25(29)26(30)27(24)15-8-17-31-2/h4-7,9-14,18,24,29H,3,8,15-17H2,1-2H3. The summed E-state index contributed by atoms with van der Waals surface area (Å²) in [6.07, 6.45) is 4.53. The monoisotopic (exact) mass is 435 g/mol. The molecular weight excluding hydrogens is 406 g/mol. The van der Waals surface area contributed by atoms with Gasteiger partial charge in [0.2, 0.25) is 0 Å². The molecule has 6 nitrogen and oxygen atoms in total. The van der Waals surface area contributed by atoms with Crippen LogP contribution in [-0.4, -0.2) is 48.6 Å². The minimum absolute atomic E-state index is 0.0761. The summed E-state index contributed by atoms with van der Waals surface area (Å²) in [5.41, 5.74) is 1.64. The summed E-state index contributed by atoms with van der Waals surface area (Å²) < 4.78 is 10.9. The molecule has 1 amide bonds. The zero-order valence-electron chi connectivity index (χ0n) is 18.5. The van der Waals surface area contributed by atoms with Gasteiger partial charge in [-0.2, -0.15) is 0 Å². The van der Waals surface area contributed by atoms with Crippen LogP contribution in [0.2, 0.25) is 0 Å². The maximum absolute atomic E-state index is 13.2. The largest absolute Gasteiger partial charge is 0.503 e. The number of rotatable bonds is 11. The van der Waals surface area contributed by atoms with Gasteiger partial charge < -0.3 is 19.5 Å². The molecule has 168 valence electrons. The van der Waals surface area contributed by atoms with Crippen molar-refractivity contribution in [2.45, 2.75) is 25.8 Å². The summed E-state index contributed by atoms with van der Waals surface area (Å²) in [6, 6.07) is 16.0. The fraction of sp³-hybridized carbons (Fsp3) is 0.308. The second-order valence-corrected chi connectivity index (χ2v) is 7.54. The Bertz CT molecular complexity index is 996. The van der Waals surface area contributed by atoms with Gasteiger partial charge in [0.15, 0.2) is 11.5 Å². The molecule has 2 aromatic rings. The molecule has 3 rings (SSSR count). The number of hydrogen-bond donors (Lipinski definition) is 1. The van der Waals surface area contributed by atoms with Crippen molar-refractivity contribution in [3.63, 3.8) is 0 Å². The third kappa shape index (κ3) is 5.45. The highest BCUT2D eigenvalue weighted by Gasteiger charge is 2.42. The predicted molar refractivity (Wildman–Crippen MR) is 123 cm³/mol. The number of benzene rings is 2. The Hall–Kier alpha value is -3.38. The lowest BCUT2D eigenvalue weighted by atomic mass is 9.95. The van der Waals surface area contributed by atoms with E-state index < -0.39 is 23.5 Å². The molecular formula is C26H29NO5. The highest BCUT2D eigenvalue weighted by Crippen LogP contribution is 2.39. The van der Waals surface area contributed by atoms with E-state index in [1.165, 1.54) is 11.0 Å². The van der Waals surface area contributed by atoms with Crippen molar-refractivity contribution in [1.82, 2.24) is 4.90 Å². The smallest absolute Gasteiger partial charge is 0.290 e. The van der Waals surface area contributed by atoms with Gasteiger partial charge >= 0.3 is 0 Å². The summed E-state index contributed by atoms with van der Waals surface area (Å²) in [7, 11) is 1.59. The summed E-state index contributed by atoms with van der Waals surface area (Å²) in [6.45, 7) is 3.40. The molecule has 1 aliphatic heterocycles. The molecule has 0 bridgehead atoms. The van der Waals surface area contributed by atoms with Gasteiger partial charge in [0.05, 0.1) is 18.2 Å². The number of carbonyl (C=O) groups excluding carboxylic acids is 2. The van der Waals surface area contributed by atoms with Crippen LogP contribution in [0.1, 0.15) is 36.9 Å². The van der Waals surface area contributed by atoms with Gasteiger partial charge in [-0.05, 0) is 42.2 Å². The molecule has 0 fully saturated rings. The number of allylic oxidation sites excluding steroid dienone is 1. The van der Waals surface area contributed by atoms with E-state index in [9.17, 15) is 14.7 Å². The zero-order chi connectivity index (χ0) is 22.9. The molecule has 0 radical (unpaired) electrons. The lowest BCUT2D eigenvalue weighted by Crippen LogP contribution is -2.32. The highest BCUT2D eigenvalue weighted by molar-refractivity contribution is 6.14. The first-order valence-corrected chi connectivity index (χ1v) is 10.8. The van der Waals surface area contributed by atoms with Crippen molar-refractivity contribution in [1.29, 1.82) is 0 Å². The van der Waals surface area contributed by atoms with Crippen LogP contribution in [0.4, 0.5) is 0 Å². The molecule has 1 heterocycles. The molecule has 6 heteroatoms. The van der Waals surface area contributed by atoms with Gasteiger partial charge in [-0.3, -0.25) is 9.59 Å². The van der Waals surface area contributed by atoms with Crippen LogP contribution in [-0.2, 0) is 14.3 Å². The summed E-state index contributed by atoms with van der Waals surface area (Å²) >= 11 is 0. The van der Waals surface area contributed by atoms with Gasteiger partial charge in [-0.1, -0.05) is 55.5 Å². The van der Waals surface area contributed by atoms with Gasteiger partial charge in [0.1, 0.15) is 5.75 Å². The maximum Gasteiger partial charge on any atom is 0.290 e. The number of amides is 1. The SMILES string of the molecule is CCCOc1cccc(C2C(C(=O)C=Cc3ccccc3)=C(O)C(=O)N2CCCOC)c1. The van der Waals surface area contributed by atoms with Gasteiger partial charge in [0.25, 0.3) is 5.91 Å². The van der Waals surface area contributed by atoms with Crippen molar-refractivity contribution in [3.05, 3.63) is 83.1 Å². The normalized spacial score (nSPS) is 16.2. The van der Waals surface area contributed by atoms with E-state index in [4.69, 9.17) is 9.47 Å². The van der Waals surface area contributed by atoms with Crippen molar-refractivity contribution >= 4 is 17.8 Å². The van der Waals surface area contributed by atoms with E-state index in [1.54, 1.807) is 13.2 Å². The lowest BCUT2D eigenvalue weighted by Gasteiger charge is -2.27. The number of hydrogen-bond acceptors (Lipinski definition) is 5. The Balaban J connectivity index is 1.96. The summed E-state index contributed by atoms with van der Waals surface area (Å²) in [5.74, 6) is -0.803. The molecule has 32 heavy (non-hydrogen) atoms. The van der Waals surface area contributed by atoms with E-state index >= 15 is 0 Å². The minimum atomic E-state index is -0.697. The van der Waals surface area contributed by atoms with E-state index in [1.807, 2.05) is 61.5 Å². The molecule has 0 aliphatic carbocycles. The van der Waals surface area contributed by atoms with Gasteiger partial charge in [-0.25, -0.2) is 0 Å². The molecule has 2 aromatic carbocycles. The second kappa shape index (κ2) is 11.3. The van der Waals surface area contributed by atoms with Gasteiger partial charge in [-0.15, -0.1) is 0 Å². The third-order valence-corrected chi connectivity index (χ3v) is 5.19. The van der Waals surface area contributed by atoms with Crippen LogP contribution < -0.4 is 4.74 Å². The fourth-order valence-corrected chi connectivity index (χ4v) is 3.68. The van der Waals surface area contributed by atoms with E-state index in [0.29, 0.717) is 37.5 Å². The second-order valence-electron chi connectivity index (χ2n) is 7.54. The van der Waals surface area contributed by atoms with Crippen LogP contribution in [0.25, 0.3) is 6.08 Å². The molecule has 0 spiro atoms. The van der Waals surface area contributed by atoms with Crippen molar-refractivity contribution < 1.29 is 24.2 Å². The van der Waals surface area contributed by atoms with Crippen LogP contribution in [0.15, 0.2) is 72.0 Å². The average Bonchev–Trinajstić information content (AvgIpc) is 3.07. The number of nitrogens with zero attached hydrogens (tertiary/aromatic N) is 1. The molecule has 1 atom stereocenters. The lowest BCUT2D eigenvalue weighted by molar-refractivity contribution is -0.129. The Morgan fingerprint density at radius 2 is 1.91 bits per heavy atom. The Morgan fingerprint density at radius 1 is 1.12 bits per heavy atom. The van der Waals surface area contributed by atoms with Crippen LogP contribution >= 0.6 is 0 Å². The maximum atomic E-state index is 13.2. The number of carbonyl (C=O) groups is 2. The van der Waals surface area contributed by atoms with E-state index in [-0.39, 0.29) is 5.57 Å². The molecule has 0 saturated heterocycles. The third-order valence-electron chi connectivity index (χ3n) is 5.19. The number of ether oxygens (including phenoxy) is 2. The predicted octanol–water partition coefficient (Wildman–Crippen LogP) is 4.49. The first kappa shape index (κ1) is 23.3. The van der Waals surface area contributed by atoms with Crippen LogP contribution in [0.5, 0.6) is 5.75 Å². The highest BCUT2D eigenvalue weighted by atomic mass is 16.5. The fourth-order valence-electron chi connectivity index (χ4n) is 3.68. The van der Waals surface area contributed by atoms with Crippen molar-refractivity contribution in [2.75, 3.05) is 26.9 Å². The minimum Gasteiger partial charge on any atom is -0.503 e. The Kier molecular flexibility index (Phi) is 8.22. The van der Waals surface area contributed by atoms with Crippen molar-refractivity contribution in [3.8, 4) is 5.75 Å². The van der Waals surface area contributed by atoms with E-state index in [2.05, 4.69) is 0 Å². The topological polar surface area (TPSA) is 76.1 Å². The van der Waals surface area contributed by atoms with Crippen LogP contribution in [0, 0.1) is 0 Å². The Labute approximate surface area is 188 Å². The molecule has 1 aliphatic rings. The first-order chi connectivity index (χ1) is 15.6. The van der Waals surface area contributed by atoms with Gasteiger partial charge in [0, 0.05) is 20.3 Å². The Morgan fingerprint density at radius 3 is 2.62 bits per heavy atom. The molecule has 1 unspecified atom stereocenters. The number of aliphatic hydroxyl groups excluding tert-OH is 1. The number of aliphatic hydroxyl groups is 1.